The number of anilines is 1. The molecule has 0 aliphatic carbocycles. The summed E-state index contributed by atoms with van der Waals surface area (Å²) in [6.45, 7) is 1.09. The molecule has 0 unspecified atom stereocenters. The van der Waals surface area contributed by atoms with Crippen LogP contribution in [0.5, 0.6) is 0 Å². The van der Waals surface area contributed by atoms with Crippen molar-refractivity contribution in [3.05, 3.63) is 63.9 Å². The van der Waals surface area contributed by atoms with E-state index in [1.54, 1.807) is 0 Å². The number of nitrogens with zero attached hydrogens (tertiary/aromatic N) is 1. The van der Waals surface area contributed by atoms with Gasteiger partial charge in [0.25, 0.3) is 0 Å². The number of carbonyl (C=O) groups excluding carboxylic acids is 1. The summed E-state index contributed by atoms with van der Waals surface area (Å²) in [7, 11) is -3.81. The summed E-state index contributed by atoms with van der Waals surface area (Å²) in [6.07, 6.45) is 2.69. The summed E-state index contributed by atoms with van der Waals surface area (Å²) in [5.41, 5.74) is 0.811. The van der Waals surface area contributed by atoms with E-state index < -0.39 is 21.7 Å². The predicted octanol–water partition coefficient (Wildman–Crippen LogP) is 3.81. The molecule has 1 aliphatic heterocycles. The van der Waals surface area contributed by atoms with E-state index in [1.165, 1.54) is 52.9 Å². The van der Waals surface area contributed by atoms with E-state index in [-0.39, 0.29) is 33.7 Å². The average molecular weight is 459 g/mol. The zero-order valence-corrected chi connectivity index (χ0v) is 17.4. The molecule has 0 spiro atoms. The summed E-state index contributed by atoms with van der Waals surface area (Å²) in [5, 5.41) is 2.59. The Balaban J connectivity index is 1.76. The summed E-state index contributed by atoms with van der Waals surface area (Å²) in [6, 6.07) is 8.28. The number of morpholine rings is 1. The highest BCUT2D eigenvalue weighted by Crippen LogP contribution is 2.28. The Labute approximate surface area is 177 Å². The van der Waals surface area contributed by atoms with Crippen molar-refractivity contribution in [2.24, 2.45) is 0 Å². The van der Waals surface area contributed by atoms with E-state index in [4.69, 9.17) is 27.9 Å². The number of sulfonamides is 1. The molecular formula is C19H17Cl2FN2O4S. The molecule has 10 heteroatoms. The molecule has 2 aromatic rings. The van der Waals surface area contributed by atoms with Crippen LogP contribution in [0.1, 0.15) is 5.56 Å². The number of carbonyl (C=O) groups is 1. The number of nitrogens with one attached hydrogen (secondary N) is 1. The van der Waals surface area contributed by atoms with Crippen LogP contribution in [-0.2, 0) is 19.6 Å². The van der Waals surface area contributed by atoms with Gasteiger partial charge in [0.1, 0.15) is 10.7 Å². The average Bonchev–Trinajstić information content (AvgIpc) is 2.71. The van der Waals surface area contributed by atoms with Crippen LogP contribution >= 0.6 is 23.2 Å². The number of rotatable bonds is 5. The number of hydrogen-bond donors (Lipinski definition) is 1. The minimum Gasteiger partial charge on any atom is -0.379 e. The van der Waals surface area contributed by atoms with Gasteiger partial charge < -0.3 is 10.1 Å². The maximum Gasteiger partial charge on any atom is 0.248 e. The molecule has 2 aromatic carbocycles. The molecule has 3 rings (SSSR count). The Morgan fingerprint density at radius 3 is 2.52 bits per heavy atom. The lowest BCUT2D eigenvalue weighted by Gasteiger charge is -2.26. The number of benzene rings is 2. The van der Waals surface area contributed by atoms with Crippen LogP contribution in [0.4, 0.5) is 10.1 Å². The molecule has 29 heavy (non-hydrogen) atoms. The van der Waals surface area contributed by atoms with Crippen LogP contribution in [0.3, 0.4) is 0 Å². The second kappa shape index (κ2) is 9.23. The number of halogens is 3. The Bertz CT molecular complexity index is 1050. The number of amides is 1. The Kier molecular flexibility index (Phi) is 6.92. The molecule has 0 saturated carbocycles. The van der Waals surface area contributed by atoms with Gasteiger partial charge in [0.15, 0.2) is 0 Å². The second-order valence-corrected chi connectivity index (χ2v) is 8.88. The first-order chi connectivity index (χ1) is 13.8. The van der Waals surface area contributed by atoms with Gasteiger partial charge in [-0.1, -0.05) is 29.3 Å². The van der Waals surface area contributed by atoms with E-state index in [0.717, 1.165) is 0 Å². The lowest BCUT2D eigenvalue weighted by Crippen LogP contribution is -2.40. The molecule has 154 valence electrons. The Morgan fingerprint density at radius 2 is 1.83 bits per heavy atom. The van der Waals surface area contributed by atoms with Crippen molar-refractivity contribution in [2.45, 2.75) is 4.90 Å². The van der Waals surface area contributed by atoms with Crippen LogP contribution in [0.25, 0.3) is 6.08 Å². The van der Waals surface area contributed by atoms with Gasteiger partial charge in [-0.15, -0.1) is 0 Å². The standard InChI is InChI=1S/C19H17Cl2FN2O4S/c20-15-4-3-14(12-18(15)29(26,27)24-7-9-28-10-8-24)23-19(25)6-2-13-1-5-17(22)16(21)11-13/h1-6,11-12H,7-10H2,(H,23,25)/b6-2+. The smallest absolute Gasteiger partial charge is 0.248 e. The molecule has 6 nitrogen and oxygen atoms in total. The van der Waals surface area contributed by atoms with Gasteiger partial charge in [0, 0.05) is 24.9 Å². The molecule has 1 N–H and O–H groups in total. The van der Waals surface area contributed by atoms with Crippen molar-refractivity contribution in [1.29, 1.82) is 0 Å². The van der Waals surface area contributed by atoms with E-state index in [0.29, 0.717) is 18.8 Å². The highest BCUT2D eigenvalue weighted by Gasteiger charge is 2.28. The van der Waals surface area contributed by atoms with Gasteiger partial charge in [-0.2, -0.15) is 4.31 Å². The predicted molar refractivity (Wildman–Crippen MR) is 110 cm³/mol. The van der Waals surface area contributed by atoms with Crippen LogP contribution in [0.2, 0.25) is 10.0 Å². The zero-order chi connectivity index (χ0) is 21.0. The Hall–Kier alpha value is -1.97. The number of ether oxygens (including phenoxy) is 1. The van der Waals surface area contributed by atoms with E-state index >= 15 is 0 Å². The molecule has 1 heterocycles. The van der Waals surface area contributed by atoms with Gasteiger partial charge in [0.2, 0.25) is 15.9 Å². The molecular weight excluding hydrogens is 442 g/mol. The van der Waals surface area contributed by atoms with Gasteiger partial charge in [-0.3, -0.25) is 4.79 Å². The first kappa shape index (κ1) is 21.7. The van der Waals surface area contributed by atoms with Crippen molar-refractivity contribution in [3.63, 3.8) is 0 Å². The van der Waals surface area contributed by atoms with Crippen molar-refractivity contribution in [3.8, 4) is 0 Å². The van der Waals surface area contributed by atoms with Crippen LogP contribution in [0, 0.1) is 5.82 Å². The van der Waals surface area contributed by atoms with Crippen LogP contribution < -0.4 is 5.32 Å². The Morgan fingerprint density at radius 1 is 1.10 bits per heavy atom. The molecule has 0 atom stereocenters. The molecule has 1 saturated heterocycles. The quantitative estimate of drug-likeness (QED) is 0.691. The van der Waals surface area contributed by atoms with Gasteiger partial charge in [-0.05, 0) is 42.0 Å². The topological polar surface area (TPSA) is 75.7 Å². The summed E-state index contributed by atoms with van der Waals surface area (Å²) >= 11 is 11.8. The van der Waals surface area contributed by atoms with Crippen LogP contribution in [-0.4, -0.2) is 44.9 Å². The van der Waals surface area contributed by atoms with Crippen molar-refractivity contribution >= 4 is 50.9 Å². The van der Waals surface area contributed by atoms with Crippen molar-refractivity contribution in [1.82, 2.24) is 4.31 Å². The first-order valence-electron chi connectivity index (χ1n) is 8.59. The zero-order valence-electron chi connectivity index (χ0n) is 15.1. The third-order valence-corrected chi connectivity index (χ3v) is 6.83. The summed E-state index contributed by atoms with van der Waals surface area (Å²) in [5.74, 6) is -1.05. The van der Waals surface area contributed by atoms with Crippen molar-refractivity contribution in [2.75, 3.05) is 31.6 Å². The molecule has 1 amide bonds. The van der Waals surface area contributed by atoms with Gasteiger partial charge in [0.05, 0.1) is 23.3 Å². The van der Waals surface area contributed by atoms with E-state index in [9.17, 15) is 17.6 Å². The lowest BCUT2D eigenvalue weighted by molar-refractivity contribution is -0.111. The van der Waals surface area contributed by atoms with E-state index in [2.05, 4.69) is 5.32 Å². The third-order valence-electron chi connectivity index (χ3n) is 4.16. The summed E-state index contributed by atoms with van der Waals surface area (Å²) < 4.78 is 45.3. The highest BCUT2D eigenvalue weighted by atomic mass is 35.5. The normalized spacial score (nSPS) is 15.6. The molecule has 0 bridgehead atoms. The molecule has 1 aliphatic rings. The number of hydrogen-bond acceptors (Lipinski definition) is 4. The fourth-order valence-electron chi connectivity index (χ4n) is 2.68. The molecule has 0 aromatic heterocycles. The first-order valence-corrected chi connectivity index (χ1v) is 10.8. The van der Waals surface area contributed by atoms with E-state index in [1.807, 2.05) is 0 Å². The minimum absolute atomic E-state index is 0.0526. The maximum absolute atomic E-state index is 13.2. The van der Waals surface area contributed by atoms with Crippen LogP contribution in [0.15, 0.2) is 47.4 Å². The maximum atomic E-state index is 13.2. The van der Waals surface area contributed by atoms with Crippen molar-refractivity contribution < 1.29 is 22.3 Å². The monoisotopic (exact) mass is 458 g/mol. The largest absolute Gasteiger partial charge is 0.379 e. The van der Waals surface area contributed by atoms with Gasteiger partial charge in [-0.25, -0.2) is 12.8 Å². The fraction of sp³-hybridized carbons (Fsp3) is 0.211. The summed E-state index contributed by atoms with van der Waals surface area (Å²) in [4.78, 5) is 12.1. The second-order valence-electron chi connectivity index (χ2n) is 6.16. The molecule has 0 radical (unpaired) electrons. The molecule has 1 fully saturated rings. The van der Waals surface area contributed by atoms with Gasteiger partial charge >= 0.3 is 0 Å². The minimum atomic E-state index is -3.81. The third kappa shape index (κ3) is 5.34. The highest BCUT2D eigenvalue weighted by molar-refractivity contribution is 7.89. The SMILES string of the molecule is O=C(/C=C/c1ccc(F)c(Cl)c1)Nc1ccc(Cl)c(S(=O)(=O)N2CCOCC2)c1. The lowest BCUT2D eigenvalue weighted by atomic mass is 10.2. The fourth-order valence-corrected chi connectivity index (χ4v) is 4.77.